The van der Waals surface area contributed by atoms with E-state index in [1.165, 1.54) is 7.11 Å². The zero-order valence-corrected chi connectivity index (χ0v) is 10.8. The zero-order valence-electron chi connectivity index (χ0n) is 10.8. The first kappa shape index (κ1) is 13.1. The molecule has 4 unspecified atom stereocenters. The zero-order chi connectivity index (χ0) is 13.5. The SMILES string of the molecule is COC(O)CC1C(c2ccc(N)c(N)c2)C1(C)N. The summed E-state index contributed by atoms with van der Waals surface area (Å²) >= 11 is 0. The van der Waals surface area contributed by atoms with Gasteiger partial charge in [-0.2, -0.15) is 0 Å². The molecule has 0 aromatic heterocycles. The van der Waals surface area contributed by atoms with Crippen molar-refractivity contribution in [3.63, 3.8) is 0 Å². The van der Waals surface area contributed by atoms with E-state index in [1.807, 2.05) is 19.1 Å². The average Bonchev–Trinajstić information content (AvgIpc) is 2.84. The summed E-state index contributed by atoms with van der Waals surface area (Å²) in [5, 5.41) is 9.54. The lowest BCUT2D eigenvalue weighted by atomic mass is 10.1. The van der Waals surface area contributed by atoms with Crippen molar-refractivity contribution in [2.75, 3.05) is 18.6 Å². The molecule has 5 nitrogen and oxygen atoms in total. The smallest absolute Gasteiger partial charge is 0.154 e. The van der Waals surface area contributed by atoms with Gasteiger partial charge in [0.25, 0.3) is 0 Å². The van der Waals surface area contributed by atoms with Gasteiger partial charge in [-0.15, -0.1) is 0 Å². The van der Waals surface area contributed by atoms with Crippen LogP contribution in [-0.4, -0.2) is 24.0 Å². The standard InChI is InChI=1S/C13H21N3O2/c1-13(16)8(6-11(17)18-2)12(13)7-3-4-9(14)10(15)5-7/h3-5,8,11-12,17H,6,14-16H2,1-2H3. The second-order valence-corrected chi connectivity index (χ2v) is 5.26. The molecule has 0 heterocycles. The summed E-state index contributed by atoms with van der Waals surface area (Å²) in [4.78, 5) is 0. The molecule has 1 aromatic rings. The second kappa shape index (κ2) is 4.42. The molecule has 4 atom stereocenters. The molecule has 1 aliphatic carbocycles. The molecule has 1 saturated carbocycles. The summed E-state index contributed by atoms with van der Waals surface area (Å²) in [7, 11) is 1.48. The number of methoxy groups -OCH3 is 1. The normalized spacial score (nSPS) is 32.2. The Morgan fingerprint density at radius 1 is 1.39 bits per heavy atom. The number of rotatable bonds is 4. The van der Waals surface area contributed by atoms with Crippen molar-refractivity contribution >= 4 is 11.4 Å². The summed E-state index contributed by atoms with van der Waals surface area (Å²) in [6.07, 6.45) is -0.243. The molecule has 0 aliphatic heterocycles. The van der Waals surface area contributed by atoms with Crippen LogP contribution in [0.4, 0.5) is 11.4 Å². The quantitative estimate of drug-likeness (QED) is 0.464. The highest BCUT2D eigenvalue weighted by molar-refractivity contribution is 5.65. The fraction of sp³-hybridized carbons (Fsp3) is 0.538. The van der Waals surface area contributed by atoms with E-state index in [4.69, 9.17) is 21.9 Å². The van der Waals surface area contributed by atoms with Gasteiger partial charge >= 0.3 is 0 Å². The molecular formula is C13H21N3O2. The molecule has 5 heteroatoms. The first-order valence-corrected chi connectivity index (χ1v) is 6.02. The minimum atomic E-state index is -0.769. The van der Waals surface area contributed by atoms with E-state index < -0.39 is 6.29 Å². The van der Waals surface area contributed by atoms with Gasteiger partial charge in [-0.1, -0.05) is 6.07 Å². The Labute approximate surface area is 107 Å². The number of hydrogen-bond acceptors (Lipinski definition) is 5. The highest BCUT2D eigenvalue weighted by Gasteiger charge is 2.59. The molecule has 0 amide bonds. The number of aliphatic hydroxyl groups excluding tert-OH is 1. The lowest BCUT2D eigenvalue weighted by molar-refractivity contribution is -0.0825. The van der Waals surface area contributed by atoms with Gasteiger partial charge in [-0.05, 0) is 30.5 Å². The summed E-state index contributed by atoms with van der Waals surface area (Å²) in [6.45, 7) is 1.98. The van der Waals surface area contributed by atoms with Gasteiger partial charge in [0.05, 0.1) is 11.4 Å². The van der Waals surface area contributed by atoms with E-state index in [0.717, 1.165) is 5.56 Å². The second-order valence-electron chi connectivity index (χ2n) is 5.26. The minimum Gasteiger partial charge on any atom is -0.397 e. The number of benzene rings is 1. The van der Waals surface area contributed by atoms with Crippen LogP contribution in [0.2, 0.25) is 0 Å². The maximum absolute atomic E-state index is 9.54. The van der Waals surface area contributed by atoms with Crippen molar-refractivity contribution in [1.29, 1.82) is 0 Å². The number of ether oxygens (including phenoxy) is 1. The van der Waals surface area contributed by atoms with Crippen LogP contribution >= 0.6 is 0 Å². The van der Waals surface area contributed by atoms with Crippen LogP contribution in [0.25, 0.3) is 0 Å². The molecule has 100 valence electrons. The Morgan fingerprint density at radius 3 is 2.61 bits per heavy atom. The Balaban J connectivity index is 2.16. The van der Waals surface area contributed by atoms with Crippen LogP contribution in [0.3, 0.4) is 0 Å². The first-order chi connectivity index (χ1) is 8.37. The number of hydrogen-bond donors (Lipinski definition) is 4. The number of aliphatic hydroxyl groups is 1. The summed E-state index contributed by atoms with van der Waals surface area (Å²) in [6, 6.07) is 5.60. The molecule has 1 aliphatic rings. The maximum Gasteiger partial charge on any atom is 0.154 e. The van der Waals surface area contributed by atoms with E-state index in [-0.39, 0.29) is 17.4 Å². The molecule has 1 fully saturated rings. The van der Waals surface area contributed by atoms with Gasteiger partial charge in [0.2, 0.25) is 0 Å². The average molecular weight is 251 g/mol. The molecule has 2 rings (SSSR count). The summed E-state index contributed by atoms with van der Waals surface area (Å²) < 4.78 is 4.88. The molecule has 0 spiro atoms. The van der Waals surface area contributed by atoms with Crippen LogP contribution in [-0.2, 0) is 4.74 Å². The van der Waals surface area contributed by atoms with Crippen molar-refractivity contribution in [2.24, 2.45) is 11.7 Å². The van der Waals surface area contributed by atoms with Crippen molar-refractivity contribution in [3.05, 3.63) is 23.8 Å². The Morgan fingerprint density at radius 2 is 2.06 bits per heavy atom. The molecule has 7 N–H and O–H groups in total. The predicted molar refractivity (Wildman–Crippen MR) is 71.7 cm³/mol. The number of anilines is 2. The lowest BCUT2D eigenvalue weighted by Gasteiger charge is -2.08. The van der Waals surface area contributed by atoms with Crippen molar-refractivity contribution in [1.82, 2.24) is 0 Å². The summed E-state index contributed by atoms with van der Waals surface area (Å²) in [5.41, 5.74) is 19.6. The van der Waals surface area contributed by atoms with E-state index >= 15 is 0 Å². The fourth-order valence-electron chi connectivity index (χ4n) is 2.71. The van der Waals surface area contributed by atoms with E-state index in [9.17, 15) is 5.11 Å². The monoisotopic (exact) mass is 251 g/mol. The predicted octanol–water partition coefficient (Wildman–Crippen LogP) is 0.637. The van der Waals surface area contributed by atoms with Gasteiger partial charge in [0.1, 0.15) is 0 Å². The van der Waals surface area contributed by atoms with Gasteiger partial charge in [-0.3, -0.25) is 0 Å². The van der Waals surface area contributed by atoms with Crippen LogP contribution in [0.5, 0.6) is 0 Å². The van der Waals surface area contributed by atoms with Gasteiger partial charge in [0, 0.05) is 25.0 Å². The molecule has 0 radical (unpaired) electrons. The van der Waals surface area contributed by atoms with Crippen LogP contribution in [0.1, 0.15) is 24.8 Å². The van der Waals surface area contributed by atoms with Crippen molar-refractivity contribution in [3.8, 4) is 0 Å². The third-order valence-corrected chi connectivity index (χ3v) is 3.96. The van der Waals surface area contributed by atoms with E-state index in [1.54, 1.807) is 6.07 Å². The van der Waals surface area contributed by atoms with Gasteiger partial charge in [-0.25, -0.2) is 0 Å². The Kier molecular flexibility index (Phi) is 3.23. The molecule has 0 saturated heterocycles. The van der Waals surface area contributed by atoms with Crippen LogP contribution in [0.15, 0.2) is 18.2 Å². The van der Waals surface area contributed by atoms with Gasteiger partial charge < -0.3 is 27.0 Å². The minimum absolute atomic E-state index is 0.185. The Hall–Kier alpha value is -1.30. The number of nitrogen functional groups attached to an aromatic ring is 2. The van der Waals surface area contributed by atoms with E-state index in [2.05, 4.69) is 0 Å². The van der Waals surface area contributed by atoms with Crippen molar-refractivity contribution < 1.29 is 9.84 Å². The third-order valence-electron chi connectivity index (χ3n) is 3.96. The largest absolute Gasteiger partial charge is 0.397 e. The Bertz CT molecular complexity index is 448. The van der Waals surface area contributed by atoms with Gasteiger partial charge in [0.15, 0.2) is 6.29 Å². The summed E-state index contributed by atoms with van der Waals surface area (Å²) in [5.74, 6) is 0.376. The molecule has 0 bridgehead atoms. The fourth-order valence-corrected chi connectivity index (χ4v) is 2.71. The highest BCUT2D eigenvalue weighted by atomic mass is 16.6. The maximum atomic E-state index is 9.54. The molecule has 18 heavy (non-hydrogen) atoms. The molecular weight excluding hydrogens is 230 g/mol. The highest BCUT2D eigenvalue weighted by Crippen LogP contribution is 2.58. The first-order valence-electron chi connectivity index (χ1n) is 6.02. The third kappa shape index (κ3) is 2.16. The van der Waals surface area contributed by atoms with Crippen LogP contribution in [0, 0.1) is 5.92 Å². The molecule has 1 aromatic carbocycles. The topological polar surface area (TPSA) is 108 Å². The number of nitrogens with two attached hydrogens (primary N) is 3. The van der Waals surface area contributed by atoms with E-state index in [0.29, 0.717) is 17.8 Å². The van der Waals surface area contributed by atoms with Crippen LogP contribution < -0.4 is 17.2 Å². The van der Waals surface area contributed by atoms with Crippen molar-refractivity contribution in [2.45, 2.75) is 31.1 Å². The lowest BCUT2D eigenvalue weighted by Crippen LogP contribution is -2.23.